The normalized spacial score (nSPS) is 12.1. The molecule has 0 fully saturated rings. The molecule has 2 heterocycles. The SMILES string of the molecule is CC(OC(=O)c1csc(-c2ccsc2)n1)c1cc(F)ccc1F. The number of thiazole rings is 1. The molecule has 3 rings (SSSR count). The second kappa shape index (κ2) is 6.55. The predicted molar refractivity (Wildman–Crippen MR) is 85.6 cm³/mol. The Morgan fingerprint density at radius 2 is 2.09 bits per heavy atom. The zero-order chi connectivity index (χ0) is 16.4. The third-order valence-corrected chi connectivity index (χ3v) is 4.74. The summed E-state index contributed by atoms with van der Waals surface area (Å²) in [6.07, 6.45) is -0.913. The summed E-state index contributed by atoms with van der Waals surface area (Å²) >= 11 is 2.86. The summed E-state index contributed by atoms with van der Waals surface area (Å²) in [6, 6.07) is 4.95. The highest BCUT2D eigenvalue weighted by molar-refractivity contribution is 7.14. The van der Waals surface area contributed by atoms with Crippen LogP contribution in [0.15, 0.2) is 40.4 Å². The van der Waals surface area contributed by atoms with Crippen LogP contribution in [0.1, 0.15) is 29.1 Å². The second-order valence-corrected chi connectivity index (χ2v) is 6.40. The molecule has 0 radical (unpaired) electrons. The number of nitrogens with zero attached hydrogens (tertiary/aromatic N) is 1. The first-order valence-electron chi connectivity index (χ1n) is 6.68. The maximum Gasteiger partial charge on any atom is 0.358 e. The van der Waals surface area contributed by atoms with Crippen LogP contribution >= 0.6 is 22.7 Å². The molecule has 7 heteroatoms. The van der Waals surface area contributed by atoms with Crippen LogP contribution < -0.4 is 0 Å². The van der Waals surface area contributed by atoms with E-state index in [0.717, 1.165) is 23.8 Å². The summed E-state index contributed by atoms with van der Waals surface area (Å²) in [5.41, 5.74) is 1.08. The number of benzene rings is 1. The minimum atomic E-state index is -0.913. The molecule has 1 unspecified atom stereocenters. The molecule has 0 bridgehead atoms. The van der Waals surface area contributed by atoms with Gasteiger partial charge in [-0.2, -0.15) is 11.3 Å². The number of halogens is 2. The Morgan fingerprint density at radius 1 is 1.26 bits per heavy atom. The van der Waals surface area contributed by atoms with Gasteiger partial charge in [-0.3, -0.25) is 0 Å². The van der Waals surface area contributed by atoms with Gasteiger partial charge in [0.05, 0.1) is 0 Å². The fraction of sp³-hybridized carbons (Fsp3) is 0.125. The molecular weight excluding hydrogens is 340 g/mol. The lowest BCUT2D eigenvalue weighted by Gasteiger charge is -2.13. The van der Waals surface area contributed by atoms with Crippen LogP contribution in [0.25, 0.3) is 10.6 Å². The number of esters is 1. The van der Waals surface area contributed by atoms with Crippen LogP contribution in [-0.2, 0) is 4.74 Å². The maximum atomic E-state index is 13.7. The summed E-state index contributed by atoms with van der Waals surface area (Å²) < 4.78 is 32.1. The molecule has 3 aromatic rings. The van der Waals surface area contributed by atoms with Gasteiger partial charge < -0.3 is 4.74 Å². The minimum absolute atomic E-state index is 0.00774. The molecule has 0 aliphatic heterocycles. The van der Waals surface area contributed by atoms with Crippen molar-refractivity contribution in [3.8, 4) is 10.6 Å². The summed E-state index contributed by atoms with van der Waals surface area (Å²) in [5.74, 6) is -1.87. The van der Waals surface area contributed by atoms with Crippen molar-refractivity contribution in [2.24, 2.45) is 0 Å². The van der Waals surface area contributed by atoms with Gasteiger partial charge in [-0.25, -0.2) is 18.6 Å². The molecule has 0 spiro atoms. The smallest absolute Gasteiger partial charge is 0.358 e. The molecule has 23 heavy (non-hydrogen) atoms. The number of rotatable bonds is 4. The van der Waals surface area contributed by atoms with E-state index in [1.54, 1.807) is 5.38 Å². The molecule has 1 aromatic carbocycles. The van der Waals surface area contributed by atoms with E-state index in [-0.39, 0.29) is 11.3 Å². The molecule has 1 atom stereocenters. The van der Waals surface area contributed by atoms with Crippen molar-refractivity contribution in [1.29, 1.82) is 0 Å². The van der Waals surface area contributed by atoms with Crippen molar-refractivity contribution in [3.05, 3.63) is 63.3 Å². The van der Waals surface area contributed by atoms with Crippen LogP contribution in [-0.4, -0.2) is 11.0 Å². The van der Waals surface area contributed by atoms with Crippen molar-refractivity contribution in [2.45, 2.75) is 13.0 Å². The van der Waals surface area contributed by atoms with Gasteiger partial charge in [0.1, 0.15) is 22.7 Å². The summed E-state index contributed by atoms with van der Waals surface area (Å²) in [4.78, 5) is 16.3. The largest absolute Gasteiger partial charge is 0.453 e. The highest BCUT2D eigenvalue weighted by atomic mass is 32.1. The molecule has 0 N–H and O–H groups in total. The highest BCUT2D eigenvalue weighted by Gasteiger charge is 2.20. The molecule has 2 aromatic heterocycles. The lowest BCUT2D eigenvalue weighted by Crippen LogP contribution is -2.11. The minimum Gasteiger partial charge on any atom is -0.453 e. The first kappa shape index (κ1) is 15.8. The van der Waals surface area contributed by atoms with Crippen molar-refractivity contribution in [2.75, 3.05) is 0 Å². The second-order valence-electron chi connectivity index (χ2n) is 4.76. The van der Waals surface area contributed by atoms with Gasteiger partial charge in [0, 0.05) is 21.9 Å². The number of hydrogen-bond donors (Lipinski definition) is 0. The Bertz CT molecular complexity index is 830. The van der Waals surface area contributed by atoms with E-state index < -0.39 is 23.7 Å². The monoisotopic (exact) mass is 351 g/mol. The Balaban J connectivity index is 1.75. The van der Waals surface area contributed by atoms with Gasteiger partial charge >= 0.3 is 5.97 Å². The zero-order valence-corrected chi connectivity index (χ0v) is 13.6. The quantitative estimate of drug-likeness (QED) is 0.616. The van der Waals surface area contributed by atoms with Crippen molar-refractivity contribution in [3.63, 3.8) is 0 Å². The van der Waals surface area contributed by atoms with Gasteiger partial charge in [0.2, 0.25) is 0 Å². The predicted octanol–water partition coefficient (Wildman–Crippen LogP) is 5.07. The van der Waals surface area contributed by atoms with E-state index in [9.17, 15) is 13.6 Å². The fourth-order valence-corrected chi connectivity index (χ4v) is 3.50. The Hall–Kier alpha value is -2.12. The molecular formula is C16H11F2NO2S2. The van der Waals surface area contributed by atoms with Gasteiger partial charge in [-0.15, -0.1) is 11.3 Å². The third kappa shape index (κ3) is 3.46. The lowest BCUT2D eigenvalue weighted by atomic mass is 10.1. The Kier molecular flexibility index (Phi) is 4.49. The van der Waals surface area contributed by atoms with Crippen LogP contribution in [0.3, 0.4) is 0 Å². The third-order valence-electron chi connectivity index (χ3n) is 3.16. The molecule has 0 aliphatic carbocycles. The molecule has 0 saturated heterocycles. The van der Waals surface area contributed by atoms with Crippen molar-refractivity contribution in [1.82, 2.24) is 4.98 Å². The van der Waals surface area contributed by atoms with Crippen LogP contribution in [0.4, 0.5) is 8.78 Å². The Morgan fingerprint density at radius 3 is 2.83 bits per heavy atom. The number of hydrogen-bond acceptors (Lipinski definition) is 5. The number of ether oxygens (including phenoxy) is 1. The highest BCUT2D eigenvalue weighted by Crippen LogP contribution is 2.27. The van der Waals surface area contributed by atoms with E-state index in [1.807, 2.05) is 16.8 Å². The lowest BCUT2D eigenvalue weighted by molar-refractivity contribution is 0.0324. The Labute approximate surface area is 139 Å². The summed E-state index contributed by atoms with van der Waals surface area (Å²) in [5, 5.41) is 6.15. The van der Waals surface area contributed by atoms with Gasteiger partial charge in [0.25, 0.3) is 0 Å². The van der Waals surface area contributed by atoms with Gasteiger partial charge in [-0.05, 0) is 36.6 Å². The number of carbonyl (C=O) groups excluding carboxylic acids is 1. The van der Waals surface area contributed by atoms with Crippen LogP contribution in [0.2, 0.25) is 0 Å². The van der Waals surface area contributed by atoms with Crippen LogP contribution in [0.5, 0.6) is 0 Å². The average Bonchev–Trinajstić information content (AvgIpc) is 3.19. The van der Waals surface area contributed by atoms with E-state index in [4.69, 9.17) is 4.74 Å². The fourth-order valence-electron chi connectivity index (χ4n) is 2.00. The van der Waals surface area contributed by atoms with E-state index >= 15 is 0 Å². The molecule has 118 valence electrons. The van der Waals surface area contributed by atoms with Crippen molar-refractivity contribution >= 4 is 28.6 Å². The standard InChI is InChI=1S/C16H11F2NO2S2/c1-9(12-6-11(17)2-3-13(12)18)21-16(20)14-8-23-15(19-14)10-4-5-22-7-10/h2-9H,1H3. The van der Waals surface area contributed by atoms with Gasteiger partial charge in [-0.1, -0.05) is 0 Å². The number of carbonyl (C=O) groups is 1. The molecule has 0 amide bonds. The topological polar surface area (TPSA) is 39.2 Å². The summed E-state index contributed by atoms with van der Waals surface area (Å²) in [6.45, 7) is 1.49. The zero-order valence-electron chi connectivity index (χ0n) is 12.0. The average molecular weight is 351 g/mol. The molecule has 0 aliphatic rings. The van der Waals surface area contributed by atoms with Crippen LogP contribution in [0, 0.1) is 11.6 Å². The van der Waals surface area contributed by atoms with Gasteiger partial charge in [0.15, 0.2) is 5.69 Å². The number of aromatic nitrogens is 1. The molecule has 0 saturated carbocycles. The maximum absolute atomic E-state index is 13.7. The molecule has 3 nitrogen and oxygen atoms in total. The van der Waals surface area contributed by atoms with E-state index in [1.165, 1.54) is 29.6 Å². The van der Waals surface area contributed by atoms with E-state index in [0.29, 0.717) is 5.01 Å². The number of thiophene rings is 1. The summed E-state index contributed by atoms with van der Waals surface area (Å²) in [7, 11) is 0. The first-order chi connectivity index (χ1) is 11.0. The van der Waals surface area contributed by atoms with Crippen molar-refractivity contribution < 1.29 is 18.3 Å². The first-order valence-corrected chi connectivity index (χ1v) is 8.51. The van der Waals surface area contributed by atoms with E-state index in [2.05, 4.69) is 4.98 Å².